The van der Waals surface area contributed by atoms with E-state index in [9.17, 15) is 0 Å². The van der Waals surface area contributed by atoms with Gasteiger partial charge in [-0.2, -0.15) is 0 Å². The predicted octanol–water partition coefficient (Wildman–Crippen LogP) is 0.877. The Bertz CT molecular complexity index is 293. The zero-order valence-corrected chi connectivity index (χ0v) is 9.60. The van der Waals surface area contributed by atoms with Gasteiger partial charge in [0.1, 0.15) is 5.82 Å². The van der Waals surface area contributed by atoms with Crippen molar-refractivity contribution >= 4 is 5.82 Å². The summed E-state index contributed by atoms with van der Waals surface area (Å²) in [7, 11) is 0. The second-order valence-corrected chi connectivity index (χ2v) is 4.12. The number of hydrogen-bond donors (Lipinski definition) is 0. The Kier molecular flexibility index (Phi) is 4.13. The molecule has 1 aliphatic heterocycles. The molecule has 0 saturated carbocycles. The molecule has 0 aromatic carbocycles. The Labute approximate surface area is 97.1 Å². The summed E-state index contributed by atoms with van der Waals surface area (Å²) in [5.74, 6) is 1.09. The van der Waals surface area contributed by atoms with Crippen molar-refractivity contribution < 1.29 is 0 Å². The first kappa shape index (κ1) is 11.4. The molecule has 2 rings (SSSR count). The average molecular weight is 219 g/mol. The van der Waals surface area contributed by atoms with Crippen LogP contribution in [0.1, 0.15) is 6.42 Å². The summed E-state index contributed by atoms with van der Waals surface area (Å²) in [5.41, 5.74) is 7.15. The number of hydrogen-bond acceptors (Lipinski definition) is 3. The Hall–Kier alpha value is -1.13. The number of pyridine rings is 1. The minimum Gasteiger partial charge on any atom is -0.354 e. The molecule has 87 valence electrons. The highest BCUT2D eigenvalue weighted by Crippen LogP contribution is 2.12. The standard InChI is InChI=1S/C12H19N4/c13-5-3-7-15-8-10-16(11-9-15)12-4-1-2-6-14-12/h1-2,4,6,13H,3,5,7-11H2. The first-order valence-corrected chi connectivity index (χ1v) is 5.93. The van der Waals surface area contributed by atoms with Crippen molar-refractivity contribution in [1.29, 1.82) is 0 Å². The van der Waals surface area contributed by atoms with Crippen molar-refractivity contribution in [3.05, 3.63) is 24.4 Å². The molecule has 1 fully saturated rings. The van der Waals surface area contributed by atoms with Crippen LogP contribution in [0.25, 0.3) is 0 Å². The summed E-state index contributed by atoms with van der Waals surface area (Å²) < 4.78 is 0. The summed E-state index contributed by atoms with van der Waals surface area (Å²) in [6, 6.07) is 6.06. The molecule has 2 heterocycles. The van der Waals surface area contributed by atoms with Gasteiger partial charge < -0.3 is 4.90 Å². The molecular formula is C12H19N4. The molecule has 1 N–H and O–H groups in total. The Balaban J connectivity index is 1.81. The summed E-state index contributed by atoms with van der Waals surface area (Å²) in [6.45, 7) is 5.90. The molecule has 4 nitrogen and oxygen atoms in total. The number of nitrogens with zero attached hydrogens (tertiary/aromatic N) is 3. The molecular weight excluding hydrogens is 200 g/mol. The fourth-order valence-corrected chi connectivity index (χ4v) is 2.04. The van der Waals surface area contributed by atoms with Crippen LogP contribution in [0.15, 0.2) is 24.4 Å². The van der Waals surface area contributed by atoms with Crippen LogP contribution < -0.4 is 10.6 Å². The van der Waals surface area contributed by atoms with Gasteiger partial charge in [0.15, 0.2) is 0 Å². The predicted molar refractivity (Wildman–Crippen MR) is 65.5 cm³/mol. The van der Waals surface area contributed by atoms with Crippen molar-refractivity contribution in [3.63, 3.8) is 0 Å². The van der Waals surface area contributed by atoms with Crippen molar-refractivity contribution in [3.8, 4) is 0 Å². The highest BCUT2D eigenvalue weighted by Gasteiger charge is 2.16. The van der Waals surface area contributed by atoms with Crippen molar-refractivity contribution in [2.24, 2.45) is 0 Å². The van der Waals surface area contributed by atoms with Crippen LogP contribution in [0, 0.1) is 0 Å². The maximum atomic E-state index is 7.15. The summed E-state index contributed by atoms with van der Waals surface area (Å²) in [6.07, 6.45) is 2.84. The zero-order chi connectivity index (χ0) is 11.2. The molecule has 0 spiro atoms. The van der Waals surface area contributed by atoms with Gasteiger partial charge in [-0.05, 0) is 25.1 Å². The lowest BCUT2D eigenvalue weighted by molar-refractivity contribution is 0.255. The van der Waals surface area contributed by atoms with E-state index in [4.69, 9.17) is 5.73 Å². The Morgan fingerprint density at radius 1 is 1.19 bits per heavy atom. The normalized spacial score (nSPS) is 17.7. The molecule has 0 aliphatic carbocycles. The van der Waals surface area contributed by atoms with E-state index in [2.05, 4.69) is 20.9 Å². The third-order valence-electron chi connectivity index (χ3n) is 3.00. The first-order chi connectivity index (χ1) is 7.90. The summed E-state index contributed by atoms with van der Waals surface area (Å²) in [5, 5.41) is 0. The van der Waals surface area contributed by atoms with Crippen LogP contribution in [-0.2, 0) is 0 Å². The molecule has 0 unspecified atom stereocenters. The molecule has 0 bridgehead atoms. The quantitative estimate of drug-likeness (QED) is 0.755. The smallest absolute Gasteiger partial charge is 0.128 e. The topological polar surface area (TPSA) is 43.2 Å². The van der Waals surface area contributed by atoms with Crippen LogP contribution >= 0.6 is 0 Å². The van der Waals surface area contributed by atoms with Gasteiger partial charge in [-0.1, -0.05) is 6.07 Å². The van der Waals surface area contributed by atoms with E-state index in [1.54, 1.807) is 0 Å². The van der Waals surface area contributed by atoms with Crippen molar-refractivity contribution in [2.45, 2.75) is 6.42 Å². The molecule has 16 heavy (non-hydrogen) atoms. The lowest BCUT2D eigenvalue weighted by atomic mass is 10.3. The molecule has 0 amide bonds. The molecule has 1 radical (unpaired) electrons. The van der Waals surface area contributed by atoms with Gasteiger partial charge in [0.25, 0.3) is 0 Å². The van der Waals surface area contributed by atoms with E-state index >= 15 is 0 Å². The van der Waals surface area contributed by atoms with Crippen molar-refractivity contribution in [1.82, 2.24) is 15.6 Å². The third-order valence-corrected chi connectivity index (χ3v) is 3.00. The summed E-state index contributed by atoms with van der Waals surface area (Å²) in [4.78, 5) is 9.14. The third kappa shape index (κ3) is 2.93. The Morgan fingerprint density at radius 3 is 2.62 bits per heavy atom. The average Bonchev–Trinajstić information content (AvgIpc) is 2.38. The molecule has 1 aliphatic rings. The number of rotatable bonds is 4. The Morgan fingerprint density at radius 2 is 2.00 bits per heavy atom. The van der Waals surface area contributed by atoms with Gasteiger partial charge in [0, 0.05) is 38.9 Å². The zero-order valence-electron chi connectivity index (χ0n) is 9.60. The second-order valence-electron chi connectivity index (χ2n) is 4.12. The molecule has 4 heteroatoms. The lowest BCUT2D eigenvalue weighted by Gasteiger charge is -2.35. The van der Waals surface area contributed by atoms with E-state index in [1.165, 1.54) is 0 Å². The largest absolute Gasteiger partial charge is 0.354 e. The first-order valence-electron chi connectivity index (χ1n) is 5.93. The highest BCUT2D eigenvalue weighted by molar-refractivity contribution is 5.38. The number of piperazine rings is 1. The van der Waals surface area contributed by atoms with E-state index < -0.39 is 0 Å². The van der Waals surface area contributed by atoms with Crippen LogP contribution in [0.4, 0.5) is 5.82 Å². The van der Waals surface area contributed by atoms with E-state index in [1.807, 2.05) is 18.3 Å². The maximum absolute atomic E-state index is 7.15. The number of nitrogens with one attached hydrogen (secondary N) is 1. The van der Waals surface area contributed by atoms with E-state index in [0.29, 0.717) is 6.54 Å². The monoisotopic (exact) mass is 219 g/mol. The second kappa shape index (κ2) is 5.82. The van der Waals surface area contributed by atoms with Gasteiger partial charge in [0.05, 0.1) is 0 Å². The molecule has 1 aromatic heterocycles. The molecule has 1 saturated heterocycles. The van der Waals surface area contributed by atoms with Crippen LogP contribution in [-0.4, -0.2) is 49.2 Å². The lowest BCUT2D eigenvalue weighted by Crippen LogP contribution is -2.47. The van der Waals surface area contributed by atoms with Gasteiger partial charge >= 0.3 is 0 Å². The van der Waals surface area contributed by atoms with Crippen LogP contribution in [0.3, 0.4) is 0 Å². The SMILES string of the molecule is [NH]CCCN1CCN(c2ccccn2)CC1. The van der Waals surface area contributed by atoms with Gasteiger partial charge in [-0.3, -0.25) is 10.6 Å². The van der Waals surface area contributed by atoms with E-state index in [0.717, 1.165) is 45.0 Å². The molecule has 1 aromatic rings. The van der Waals surface area contributed by atoms with E-state index in [-0.39, 0.29) is 0 Å². The number of anilines is 1. The fourth-order valence-electron chi connectivity index (χ4n) is 2.04. The van der Waals surface area contributed by atoms with Gasteiger partial charge in [-0.25, -0.2) is 4.98 Å². The van der Waals surface area contributed by atoms with Crippen molar-refractivity contribution in [2.75, 3.05) is 44.2 Å². The number of aromatic nitrogens is 1. The van der Waals surface area contributed by atoms with Gasteiger partial charge in [0.2, 0.25) is 0 Å². The minimum absolute atomic E-state index is 0.542. The summed E-state index contributed by atoms with van der Waals surface area (Å²) >= 11 is 0. The maximum Gasteiger partial charge on any atom is 0.128 e. The minimum atomic E-state index is 0.542. The van der Waals surface area contributed by atoms with Crippen LogP contribution in [0.5, 0.6) is 0 Å². The fraction of sp³-hybridized carbons (Fsp3) is 0.583. The molecule has 0 atom stereocenters. The highest BCUT2D eigenvalue weighted by atomic mass is 15.3. The van der Waals surface area contributed by atoms with Crippen LogP contribution in [0.2, 0.25) is 0 Å². The van der Waals surface area contributed by atoms with Gasteiger partial charge in [-0.15, -0.1) is 0 Å².